The van der Waals surface area contributed by atoms with Crippen molar-refractivity contribution in [1.29, 1.82) is 0 Å². The second kappa shape index (κ2) is 7.83. The smallest absolute Gasteiger partial charge is 0.154 e. The van der Waals surface area contributed by atoms with Gasteiger partial charge in [-0.3, -0.25) is 4.79 Å². The molecule has 1 aliphatic heterocycles. The molecule has 0 spiro atoms. The highest BCUT2D eigenvalue weighted by Crippen LogP contribution is 2.27. The highest BCUT2D eigenvalue weighted by atomic mass is 35.5. The number of nitrogens with zero attached hydrogens (tertiary/aromatic N) is 2. The summed E-state index contributed by atoms with van der Waals surface area (Å²) in [7, 11) is 0. The van der Waals surface area contributed by atoms with E-state index in [1.54, 1.807) is 6.33 Å². The van der Waals surface area contributed by atoms with Crippen LogP contribution in [0.4, 0.5) is 0 Å². The van der Waals surface area contributed by atoms with Gasteiger partial charge in [-0.15, -0.1) is 0 Å². The third-order valence-corrected chi connectivity index (χ3v) is 5.45. The molecule has 1 fully saturated rings. The van der Waals surface area contributed by atoms with Crippen molar-refractivity contribution in [2.24, 2.45) is 0 Å². The van der Waals surface area contributed by atoms with Gasteiger partial charge in [0.05, 0.1) is 23.9 Å². The Hall–Kier alpha value is -2.17. The molecule has 5 heteroatoms. The maximum atomic E-state index is 12.6. The zero-order valence-corrected chi connectivity index (χ0v) is 16.3. The highest BCUT2D eigenvalue weighted by molar-refractivity contribution is 6.31. The van der Waals surface area contributed by atoms with E-state index < -0.39 is 0 Å². The van der Waals surface area contributed by atoms with Crippen LogP contribution in [0.15, 0.2) is 42.7 Å². The van der Waals surface area contributed by atoms with Gasteiger partial charge in [0.25, 0.3) is 0 Å². The summed E-state index contributed by atoms with van der Waals surface area (Å²) in [4.78, 5) is 17.0. The van der Waals surface area contributed by atoms with Crippen molar-refractivity contribution >= 4 is 28.4 Å². The third kappa shape index (κ3) is 4.23. The number of hydrogen-bond donors (Lipinski definition) is 1. The van der Waals surface area contributed by atoms with Crippen LogP contribution < -0.4 is 5.32 Å². The molecule has 2 heterocycles. The molecule has 4 rings (SSSR count). The Balaban J connectivity index is 1.57. The van der Waals surface area contributed by atoms with Gasteiger partial charge in [-0.2, -0.15) is 0 Å². The normalized spacial score (nSPS) is 17.3. The van der Waals surface area contributed by atoms with Crippen LogP contribution in [-0.4, -0.2) is 27.9 Å². The van der Waals surface area contributed by atoms with E-state index in [0.29, 0.717) is 19.0 Å². The lowest BCUT2D eigenvalue weighted by molar-refractivity contribution is -0.120. The van der Waals surface area contributed by atoms with Crippen molar-refractivity contribution in [2.45, 2.75) is 45.2 Å². The number of carbonyl (C=O) groups excluding carboxylic acids is 1. The molecule has 1 aromatic heterocycles. The molecule has 1 aliphatic rings. The summed E-state index contributed by atoms with van der Waals surface area (Å²) in [5.74, 6) is 0.248. The Labute approximate surface area is 164 Å². The van der Waals surface area contributed by atoms with Crippen LogP contribution in [0.25, 0.3) is 22.2 Å². The van der Waals surface area contributed by atoms with Crippen LogP contribution in [0, 0.1) is 6.92 Å². The number of aryl methyl sites for hydroxylation is 1. The summed E-state index contributed by atoms with van der Waals surface area (Å²) >= 11 is 6.22. The van der Waals surface area contributed by atoms with Crippen molar-refractivity contribution in [2.75, 3.05) is 6.54 Å². The fourth-order valence-electron chi connectivity index (χ4n) is 3.89. The zero-order valence-electron chi connectivity index (χ0n) is 15.5. The summed E-state index contributed by atoms with van der Waals surface area (Å²) in [6, 6.07) is 12.5. The van der Waals surface area contributed by atoms with Crippen LogP contribution in [0.2, 0.25) is 5.02 Å². The lowest BCUT2D eigenvalue weighted by atomic mass is 10.00. The van der Waals surface area contributed by atoms with Crippen LogP contribution in [0.1, 0.15) is 31.2 Å². The number of ketones is 1. The van der Waals surface area contributed by atoms with Gasteiger partial charge in [0, 0.05) is 17.5 Å². The van der Waals surface area contributed by atoms with E-state index in [9.17, 15) is 4.79 Å². The number of halogens is 1. The predicted octanol–water partition coefficient (Wildman–Crippen LogP) is 4.77. The standard InChI is InChI=1S/C22H24ClN3O/c1-15-8-17(10-18(23)9-15)16-5-6-21-22(11-16)26(14-25-21)13-20(27)12-19-4-2-3-7-24-19/h5-6,8-11,14,19,24H,2-4,7,12-13H2,1H3/t19-/m0/s1. The molecule has 0 saturated carbocycles. The van der Waals surface area contributed by atoms with E-state index >= 15 is 0 Å². The first-order valence-corrected chi connectivity index (χ1v) is 9.94. The maximum Gasteiger partial charge on any atom is 0.154 e. The summed E-state index contributed by atoms with van der Waals surface area (Å²) in [5, 5.41) is 4.18. The van der Waals surface area contributed by atoms with Crippen molar-refractivity contribution in [3.8, 4) is 11.1 Å². The topological polar surface area (TPSA) is 46.9 Å². The quantitative estimate of drug-likeness (QED) is 0.692. The molecule has 1 saturated heterocycles. The number of hydrogen-bond acceptors (Lipinski definition) is 3. The Morgan fingerprint density at radius 2 is 2.11 bits per heavy atom. The van der Waals surface area contributed by atoms with Crippen molar-refractivity contribution in [3.63, 3.8) is 0 Å². The predicted molar refractivity (Wildman–Crippen MR) is 110 cm³/mol. The molecule has 3 aromatic rings. The molecule has 0 aliphatic carbocycles. The van der Waals surface area contributed by atoms with Crippen molar-refractivity contribution in [3.05, 3.63) is 53.3 Å². The molecule has 0 radical (unpaired) electrons. The number of aromatic nitrogens is 2. The largest absolute Gasteiger partial charge is 0.323 e. The average Bonchev–Trinajstić information content (AvgIpc) is 3.04. The minimum atomic E-state index is 0.248. The molecule has 27 heavy (non-hydrogen) atoms. The summed E-state index contributed by atoms with van der Waals surface area (Å²) < 4.78 is 1.96. The Bertz CT molecular complexity index is 953. The molecule has 0 unspecified atom stereocenters. The maximum absolute atomic E-state index is 12.6. The van der Waals surface area contributed by atoms with Gasteiger partial charge in [-0.05, 0) is 67.3 Å². The van der Waals surface area contributed by atoms with Gasteiger partial charge >= 0.3 is 0 Å². The molecular formula is C22H24ClN3O. The van der Waals surface area contributed by atoms with Gasteiger partial charge in [0.1, 0.15) is 0 Å². The Kier molecular flexibility index (Phi) is 5.28. The summed E-state index contributed by atoms with van der Waals surface area (Å²) in [6.07, 6.45) is 5.87. The Morgan fingerprint density at radius 3 is 2.89 bits per heavy atom. The molecule has 140 valence electrons. The molecule has 0 bridgehead atoms. The number of nitrogens with one attached hydrogen (secondary N) is 1. The molecule has 4 nitrogen and oxygen atoms in total. The average molecular weight is 382 g/mol. The number of piperidine rings is 1. The van der Waals surface area contributed by atoms with Gasteiger partial charge in [0.15, 0.2) is 5.78 Å². The van der Waals surface area contributed by atoms with Crippen LogP contribution >= 0.6 is 11.6 Å². The van der Waals surface area contributed by atoms with E-state index in [-0.39, 0.29) is 5.78 Å². The zero-order chi connectivity index (χ0) is 18.8. The molecule has 1 N–H and O–H groups in total. The van der Waals surface area contributed by atoms with Gasteiger partial charge in [-0.25, -0.2) is 4.98 Å². The number of carbonyl (C=O) groups is 1. The molecular weight excluding hydrogens is 358 g/mol. The SMILES string of the molecule is Cc1cc(Cl)cc(-c2ccc3ncn(CC(=O)C[C@@H]4CCCCN4)c3c2)c1. The second-order valence-corrected chi connectivity index (χ2v) is 7.92. The highest BCUT2D eigenvalue weighted by Gasteiger charge is 2.17. The minimum absolute atomic E-state index is 0.248. The minimum Gasteiger partial charge on any atom is -0.323 e. The first-order valence-electron chi connectivity index (χ1n) is 9.56. The molecule has 0 amide bonds. The number of imidazole rings is 1. The van der Waals surface area contributed by atoms with E-state index in [1.807, 2.05) is 29.7 Å². The monoisotopic (exact) mass is 381 g/mol. The molecule has 1 atom stereocenters. The van der Waals surface area contributed by atoms with Crippen LogP contribution in [-0.2, 0) is 11.3 Å². The lowest BCUT2D eigenvalue weighted by Crippen LogP contribution is -2.36. The van der Waals surface area contributed by atoms with Gasteiger partial charge < -0.3 is 9.88 Å². The van der Waals surface area contributed by atoms with E-state index in [4.69, 9.17) is 11.6 Å². The second-order valence-electron chi connectivity index (χ2n) is 7.48. The Morgan fingerprint density at radius 1 is 1.22 bits per heavy atom. The first-order chi connectivity index (χ1) is 13.1. The first kappa shape index (κ1) is 18.2. The fraction of sp³-hybridized carbons (Fsp3) is 0.364. The third-order valence-electron chi connectivity index (χ3n) is 5.23. The van der Waals surface area contributed by atoms with Crippen LogP contribution in [0.5, 0.6) is 0 Å². The summed E-state index contributed by atoms with van der Waals surface area (Å²) in [6.45, 7) is 3.43. The van der Waals surface area contributed by atoms with E-state index in [2.05, 4.69) is 28.5 Å². The number of fused-ring (bicyclic) bond motifs is 1. The van der Waals surface area contributed by atoms with E-state index in [0.717, 1.165) is 45.7 Å². The number of rotatable bonds is 5. The van der Waals surface area contributed by atoms with E-state index in [1.165, 1.54) is 12.8 Å². The fourth-order valence-corrected chi connectivity index (χ4v) is 4.18. The number of benzene rings is 2. The number of Topliss-reactive ketones (excluding diaryl/α,β-unsaturated/α-hetero) is 1. The van der Waals surface area contributed by atoms with Crippen molar-refractivity contribution < 1.29 is 4.79 Å². The lowest BCUT2D eigenvalue weighted by Gasteiger charge is -2.22. The van der Waals surface area contributed by atoms with Gasteiger partial charge in [0.2, 0.25) is 0 Å². The molecule has 2 aromatic carbocycles. The van der Waals surface area contributed by atoms with Crippen molar-refractivity contribution in [1.82, 2.24) is 14.9 Å². The van der Waals surface area contributed by atoms with Crippen LogP contribution in [0.3, 0.4) is 0 Å². The summed E-state index contributed by atoms with van der Waals surface area (Å²) in [5.41, 5.74) is 5.17. The van der Waals surface area contributed by atoms with Gasteiger partial charge in [-0.1, -0.05) is 30.2 Å².